The van der Waals surface area contributed by atoms with Crippen LogP contribution in [-0.2, 0) is 0 Å². The predicted molar refractivity (Wildman–Crippen MR) is 66.7 cm³/mol. The van der Waals surface area contributed by atoms with Crippen molar-refractivity contribution in [2.45, 2.75) is 0 Å². The molecule has 0 bridgehead atoms. The van der Waals surface area contributed by atoms with E-state index in [2.05, 4.69) is 15.3 Å². The van der Waals surface area contributed by atoms with Crippen LogP contribution in [0, 0.1) is 5.21 Å². The van der Waals surface area contributed by atoms with Gasteiger partial charge in [-0.15, -0.1) is 9.83 Å². The Morgan fingerprint density at radius 1 is 1.33 bits per heavy atom. The molecule has 0 aliphatic heterocycles. The van der Waals surface area contributed by atoms with Crippen molar-refractivity contribution in [1.29, 1.82) is 0 Å². The summed E-state index contributed by atoms with van der Waals surface area (Å²) in [4.78, 5) is 9.38. The Labute approximate surface area is 104 Å². The SMILES string of the molecule is CN(C)C(=Nn1n[n+]([O-])c2ncccc21)N(C)C. The molecule has 2 aromatic rings. The molecule has 0 spiro atoms. The minimum Gasteiger partial charge on any atom is -0.721 e. The summed E-state index contributed by atoms with van der Waals surface area (Å²) >= 11 is 0. The lowest BCUT2D eigenvalue weighted by Gasteiger charge is -2.20. The van der Waals surface area contributed by atoms with Crippen molar-refractivity contribution >= 4 is 17.1 Å². The highest BCUT2D eigenvalue weighted by Gasteiger charge is 2.15. The lowest BCUT2D eigenvalue weighted by molar-refractivity contribution is -0.648. The summed E-state index contributed by atoms with van der Waals surface area (Å²) in [6.45, 7) is 0. The highest BCUT2D eigenvalue weighted by atomic mass is 16.5. The van der Waals surface area contributed by atoms with Crippen molar-refractivity contribution in [3.8, 4) is 0 Å². The molecule has 0 aromatic carbocycles. The quantitative estimate of drug-likeness (QED) is 0.289. The Hall–Kier alpha value is -2.38. The third kappa shape index (κ3) is 2.04. The molecule has 8 nitrogen and oxygen atoms in total. The van der Waals surface area contributed by atoms with Gasteiger partial charge in [-0.25, -0.2) is 0 Å². The number of hydrogen-bond donors (Lipinski definition) is 0. The van der Waals surface area contributed by atoms with E-state index in [1.165, 1.54) is 4.79 Å². The zero-order valence-electron chi connectivity index (χ0n) is 10.8. The molecule has 0 amide bonds. The smallest absolute Gasteiger partial charge is 0.326 e. The van der Waals surface area contributed by atoms with Crippen LogP contribution in [0.2, 0.25) is 0 Å². The normalized spacial score (nSPS) is 10.4. The van der Waals surface area contributed by atoms with Crippen LogP contribution >= 0.6 is 0 Å². The molecule has 96 valence electrons. The molecule has 0 atom stereocenters. The summed E-state index contributed by atoms with van der Waals surface area (Å²) < 4.78 is 0. The molecular weight excluding hydrogens is 234 g/mol. The molecule has 0 aliphatic carbocycles. The molecule has 2 heterocycles. The lowest BCUT2D eigenvalue weighted by Crippen LogP contribution is -2.36. The molecule has 0 fully saturated rings. The molecule has 0 saturated carbocycles. The maximum atomic E-state index is 11.5. The zero-order valence-corrected chi connectivity index (χ0v) is 10.8. The van der Waals surface area contributed by atoms with Crippen LogP contribution in [0.5, 0.6) is 0 Å². The van der Waals surface area contributed by atoms with Gasteiger partial charge in [-0.2, -0.15) is 0 Å². The van der Waals surface area contributed by atoms with Crippen LogP contribution in [0.25, 0.3) is 11.2 Å². The molecule has 0 saturated heterocycles. The molecule has 0 unspecified atom stereocenters. The third-order valence-corrected chi connectivity index (χ3v) is 2.31. The maximum absolute atomic E-state index is 11.5. The van der Waals surface area contributed by atoms with E-state index in [1.807, 2.05) is 38.0 Å². The van der Waals surface area contributed by atoms with Gasteiger partial charge >= 0.3 is 5.65 Å². The van der Waals surface area contributed by atoms with Gasteiger partial charge in [0.05, 0.1) is 5.21 Å². The standard InChI is InChI=1S/C10H15N7O/c1-14(2)10(15(3)4)12-16-8-6-5-7-11-9(8)17(18)13-16/h5-7H,1-4H3. The Balaban J connectivity index is 2.58. The average Bonchev–Trinajstić information content (AvgIpc) is 2.63. The van der Waals surface area contributed by atoms with E-state index >= 15 is 0 Å². The van der Waals surface area contributed by atoms with Gasteiger partial charge in [0.25, 0.3) is 0 Å². The molecule has 2 rings (SSSR count). The van der Waals surface area contributed by atoms with Gasteiger partial charge in [0, 0.05) is 28.2 Å². The fourth-order valence-electron chi connectivity index (χ4n) is 1.60. The van der Waals surface area contributed by atoms with E-state index in [4.69, 9.17) is 0 Å². The zero-order chi connectivity index (χ0) is 13.3. The number of guanidine groups is 1. The van der Waals surface area contributed by atoms with Gasteiger partial charge in [0.2, 0.25) is 11.5 Å². The first-order chi connectivity index (χ1) is 8.50. The average molecular weight is 249 g/mol. The number of rotatable bonds is 1. The first-order valence-electron chi connectivity index (χ1n) is 5.38. The topological polar surface area (TPSA) is 76.5 Å². The van der Waals surface area contributed by atoms with Gasteiger partial charge in [0.1, 0.15) is 6.20 Å². The highest BCUT2D eigenvalue weighted by molar-refractivity contribution is 5.79. The van der Waals surface area contributed by atoms with E-state index < -0.39 is 0 Å². The summed E-state index contributed by atoms with van der Waals surface area (Å²) in [5, 5.41) is 19.6. The lowest BCUT2D eigenvalue weighted by atomic mass is 10.4. The van der Waals surface area contributed by atoms with Crippen molar-refractivity contribution in [3.63, 3.8) is 0 Å². The Morgan fingerprint density at radius 3 is 2.61 bits per heavy atom. The van der Waals surface area contributed by atoms with Gasteiger partial charge in [-0.3, -0.25) is 0 Å². The number of pyridine rings is 1. The van der Waals surface area contributed by atoms with E-state index in [1.54, 1.807) is 18.3 Å². The van der Waals surface area contributed by atoms with Crippen LogP contribution in [0.1, 0.15) is 0 Å². The second-order valence-corrected chi connectivity index (χ2v) is 4.19. The number of hydrogen-bond acceptors (Lipinski definition) is 4. The van der Waals surface area contributed by atoms with Crippen LogP contribution in [0.4, 0.5) is 0 Å². The minimum atomic E-state index is 0.248. The van der Waals surface area contributed by atoms with Gasteiger partial charge in [-0.1, -0.05) is 0 Å². The van der Waals surface area contributed by atoms with Crippen molar-refractivity contribution in [3.05, 3.63) is 23.5 Å². The Morgan fingerprint density at radius 2 is 2.00 bits per heavy atom. The van der Waals surface area contributed by atoms with Crippen LogP contribution in [-0.4, -0.2) is 58.9 Å². The largest absolute Gasteiger partial charge is 0.721 e. The van der Waals surface area contributed by atoms with E-state index in [-0.39, 0.29) is 5.65 Å². The first-order valence-corrected chi connectivity index (χ1v) is 5.38. The van der Waals surface area contributed by atoms with Crippen LogP contribution in [0.3, 0.4) is 0 Å². The fraction of sp³-hybridized carbons (Fsp3) is 0.400. The van der Waals surface area contributed by atoms with Crippen molar-refractivity contribution in [2.24, 2.45) is 5.10 Å². The number of nitrogens with zero attached hydrogens (tertiary/aromatic N) is 7. The summed E-state index contributed by atoms with van der Waals surface area (Å²) in [5.41, 5.74) is 0.812. The number of aromatic nitrogens is 4. The molecule has 18 heavy (non-hydrogen) atoms. The van der Waals surface area contributed by atoms with Gasteiger partial charge in [-0.05, 0) is 22.0 Å². The molecule has 0 N–H and O–H groups in total. The number of fused-ring (bicyclic) bond motifs is 1. The Kier molecular flexibility index (Phi) is 3.00. The molecular formula is C10H15N7O. The van der Waals surface area contributed by atoms with Gasteiger partial charge in [0.15, 0.2) is 0 Å². The van der Waals surface area contributed by atoms with Crippen LogP contribution < -0.4 is 4.85 Å². The maximum Gasteiger partial charge on any atom is 0.326 e. The third-order valence-electron chi connectivity index (χ3n) is 2.31. The molecule has 8 heteroatoms. The second kappa shape index (κ2) is 4.47. The summed E-state index contributed by atoms with van der Waals surface area (Å²) in [7, 11) is 7.48. The molecule has 0 radical (unpaired) electrons. The van der Waals surface area contributed by atoms with Crippen molar-refractivity contribution in [1.82, 2.24) is 24.8 Å². The van der Waals surface area contributed by atoms with E-state index in [9.17, 15) is 5.21 Å². The second-order valence-electron chi connectivity index (χ2n) is 4.19. The fourth-order valence-corrected chi connectivity index (χ4v) is 1.60. The van der Waals surface area contributed by atoms with Crippen LogP contribution in [0.15, 0.2) is 23.4 Å². The van der Waals surface area contributed by atoms with E-state index in [0.29, 0.717) is 16.3 Å². The Bertz CT molecular complexity index is 577. The minimum absolute atomic E-state index is 0.248. The first kappa shape index (κ1) is 12.1. The summed E-state index contributed by atoms with van der Waals surface area (Å²) in [6.07, 6.45) is 1.55. The summed E-state index contributed by atoms with van der Waals surface area (Å²) in [6, 6.07) is 3.48. The van der Waals surface area contributed by atoms with Crippen molar-refractivity contribution < 1.29 is 4.85 Å². The highest BCUT2D eigenvalue weighted by Crippen LogP contribution is 2.05. The van der Waals surface area contributed by atoms with Crippen molar-refractivity contribution in [2.75, 3.05) is 28.2 Å². The predicted octanol–water partition coefficient (Wildman–Crippen LogP) is -0.693. The monoisotopic (exact) mass is 249 g/mol. The van der Waals surface area contributed by atoms with E-state index in [0.717, 1.165) is 0 Å². The molecule has 0 aliphatic rings. The molecule has 2 aromatic heterocycles. The summed E-state index contributed by atoms with van der Waals surface area (Å²) in [5.74, 6) is 0.670. The van der Waals surface area contributed by atoms with Gasteiger partial charge < -0.3 is 15.0 Å².